The van der Waals surface area contributed by atoms with E-state index in [1.165, 1.54) is 0 Å². The first-order chi connectivity index (χ1) is 6.86. The minimum Gasteiger partial charge on any atom is -0.478 e. The molecule has 1 aromatic heterocycles. The maximum absolute atomic E-state index is 5.25. The highest BCUT2D eigenvalue weighted by Gasteiger charge is 1.97. The molecule has 0 amide bonds. The molecular formula is C9H16N4O. The van der Waals surface area contributed by atoms with E-state index >= 15 is 0 Å². The Bertz CT molecular complexity index is 267. The van der Waals surface area contributed by atoms with Crippen LogP contribution in [0.15, 0.2) is 12.3 Å². The Morgan fingerprint density at radius 2 is 2.29 bits per heavy atom. The van der Waals surface area contributed by atoms with Crippen molar-refractivity contribution in [3.8, 4) is 5.88 Å². The molecule has 0 unspecified atom stereocenters. The van der Waals surface area contributed by atoms with Crippen molar-refractivity contribution in [3.63, 3.8) is 0 Å². The first-order valence-corrected chi connectivity index (χ1v) is 4.71. The standard InChI is InChI=1S/C9H16N4O/c1-3-14-8-4-5-11-9(13-8)12-7-6-10-2/h4-5,10H,3,6-7H2,1-2H3,(H,11,12,13). The highest BCUT2D eigenvalue weighted by atomic mass is 16.5. The second-order valence-corrected chi connectivity index (χ2v) is 2.68. The fourth-order valence-electron chi connectivity index (χ4n) is 0.955. The molecule has 0 aliphatic rings. The molecule has 0 aliphatic heterocycles. The fourth-order valence-corrected chi connectivity index (χ4v) is 0.955. The van der Waals surface area contributed by atoms with Crippen molar-refractivity contribution in [1.29, 1.82) is 0 Å². The molecule has 78 valence electrons. The fraction of sp³-hybridized carbons (Fsp3) is 0.556. The molecular weight excluding hydrogens is 180 g/mol. The Morgan fingerprint density at radius 3 is 3.00 bits per heavy atom. The van der Waals surface area contributed by atoms with E-state index in [1.54, 1.807) is 12.3 Å². The van der Waals surface area contributed by atoms with Crippen molar-refractivity contribution in [3.05, 3.63) is 12.3 Å². The van der Waals surface area contributed by atoms with Gasteiger partial charge in [-0.25, -0.2) is 4.98 Å². The van der Waals surface area contributed by atoms with Gasteiger partial charge < -0.3 is 15.4 Å². The van der Waals surface area contributed by atoms with Crippen molar-refractivity contribution < 1.29 is 4.74 Å². The molecule has 0 saturated heterocycles. The smallest absolute Gasteiger partial charge is 0.225 e. The number of nitrogens with one attached hydrogen (secondary N) is 2. The van der Waals surface area contributed by atoms with Gasteiger partial charge in [-0.05, 0) is 14.0 Å². The van der Waals surface area contributed by atoms with Gasteiger partial charge in [0.25, 0.3) is 0 Å². The summed E-state index contributed by atoms with van der Waals surface area (Å²) in [5.41, 5.74) is 0. The molecule has 0 spiro atoms. The lowest BCUT2D eigenvalue weighted by atomic mass is 10.6. The summed E-state index contributed by atoms with van der Waals surface area (Å²) in [6.45, 7) is 4.22. The average Bonchev–Trinajstić information content (AvgIpc) is 2.19. The van der Waals surface area contributed by atoms with Crippen LogP contribution in [0.3, 0.4) is 0 Å². The van der Waals surface area contributed by atoms with Gasteiger partial charge in [-0.15, -0.1) is 0 Å². The number of aromatic nitrogens is 2. The Balaban J connectivity index is 2.46. The third-order valence-corrected chi connectivity index (χ3v) is 1.58. The topological polar surface area (TPSA) is 59.1 Å². The molecule has 2 N–H and O–H groups in total. The number of rotatable bonds is 6. The number of hydrogen-bond acceptors (Lipinski definition) is 5. The molecule has 5 heteroatoms. The number of ether oxygens (including phenoxy) is 1. The molecule has 14 heavy (non-hydrogen) atoms. The van der Waals surface area contributed by atoms with Gasteiger partial charge in [0, 0.05) is 25.4 Å². The van der Waals surface area contributed by atoms with E-state index in [0.717, 1.165) is 13.1 Å². The minimum atomic E-state index is 0.603. The van der Waals surface area contributed by atoms with Gasteiger partial charge in [0.2, 0.25) is 11.8 Å². The monoisotopic (exact) mass is 196 g/mol. The Labute approximate surface area is 83.9 Å². The summed E-state index contributed by atoms with van der Waals surface area (Å²) < 4.78 is 5.25. The summed E-state index contributed by atoms with van der Waals surface area (Å²) in [5, 5.41) is 6.11. The molecule has 0 aromatic carbocycles. The van der Waals surface area contributed by atoms with E-state index in [-0.39, 0.29) is 0 Å². The van der Waals surface area contributed by atoms with Crippen LogP contribution in [0.2, 0.25) is 0 Å². The van der Waals surface area contributed by atoms with E-state index in [1.807, 2.05) is 14.0 Å². The maximum atomic E-state index is 5.25. The van der Waals surface area contributed by atoms with Gasteiger partial charge in [0.1, 0.15) is 0 Å². The highest BCUT2D eigenvalue weighted by molar-refractivity contribution is 5.27. The van der Waals surface area contributed by atoms with Crippen molar-refractivity contribution in [2.75, 3.05) is 32.1 Å². The first kappa shape index (κ1) is 10.7. The molecule has 0 fully saturated rings. The van der Waals surface area contributed by atoms with Crippen LogP contribution >= 0.6 is 0 Å². The molecule has 5 nitrogen and oxygen atoms in total. The SMILES string of the molecule is CCOc1ccnc(NCCNC)n1. The second kappa shape index (κ2) is 6.15. The summed E-state index contributed by atoms with van der Waals surface area (Å²) in [6.07, 6.45) is 1.68. The average molecular weight is 196 g/mol. The Kier molecular flexibility index (Phi) is 4.71. The van der Waals surface area contributed by atoms with Crippen LogP contribution < -0.4 is 15.4 Å². The van der Waals surface area contributed by atoms with Crippen LogP contribution in [0.25, 0.3) is 0 Å². The van der Waals surface area contributed by atoms with Gasteiger partial charge in [-0.1, -0.05) is 0 Å². The number of anilines is 1. The van der Waals surface area contributed by atoms with E-state index < -0.39 is 0 Å². The van der Waals surface area contributed by atoms with Crippen molar-refractivity contribution >= 4 is 5.95 Å². The van der Waals surface area contributed by atoms with Crippen LogP contribution in [0.1, 0.15) is 6.92 Å². The van der Waals surface area contributed by atoms with Crippen LogP contribution in [-0.2, 0) is 0 Å². The summed E-state index contributed by atoms with van der Waals surface area (Å²) in [7, 11) is 1.90. The van der Waals surface area contributed by atoms with Gasteiger partial charge in [0.05, 0.1) is 6.61 Å². The largest absolute Gasteiger partial charge is 0.478 e. The van der Waals surface area contributed by atoms with E-state index in [2.05, 4.69) is 20.6 Å². The Morgan fingerprint density at radius 1 is 1.43 bits per heavy atom. The molecule has 0 atom stereocenters. The summed E-state index contributed by atoms with van der Waals surface area (Å²) in [4.78, 5) is 8.23. The maximum Gasteiger partial charge on any atom is 0.225 e. The quantitative estimate of drug-likeness (QED) is 0.649. The lowest BCUT2D eigenvalue weighted by Gasteiger charge is -2.05. The van der Waals surface area contributed by atoms with Crippen LogP contribution in [0, 0.1) is 0 Å². The normalized spacial score (nSPS) is 9.86. The van der Waals surface area contributed by atoms with Crippen molar-refractivity contribution in [2.24, 2.45) is 0 Å². The lowest BCUT2D eigenvalue weighted by molar-refractivity contribution is 0.326. The molecule has 1 heterocycles. The van der Waals surface area contributed by atoms with Crippen LogP contribution in [0.5, 0.6) is 5.88 Å². The van der Waals surface area contributed by atoms with Crippen molar-refractivity contribution in [2.45, 2.75) is 6.92 Å². The molecule has 0 radical (unpaired) electrons. The second-order valence-electron chi connectivity index (χ2n) is 2.68. The van der Waals surface area contributed by atoms with Gasteiger partial charge in [-0.2, -0.15) is 4.98 Å². The third kappa shape index (κ3) is 3.57. The van der Waals surface area contributed by atoms with E-state index in [0.29, 0.717) is 18.4 Å². The van der Waals surface area contributed by atoms with E-state index in [4.69, 9.17) is 4.74 Å². The number of likely N-dealkylation sites (N-methyl/N-ethyl adjacent to an activating group) is 1. The molecule has 0 bridgehead atoms. The van der Waals surface area contributed by atoms with Gasteiger partial charge in [-0.3, -0.25) is 0 Å². The zero-order valence-corrected chi connectivity index (χ0v) is 8.58. The summed E-state index contributed by atoms with van der Waals surface area (Å²) in [6, 6.07) is 1.74. The predicted molar refractivity (Wildman–Crippen MR) is 55.6 cm³/mol. The molecule has 1 rings (SSSR count). The molecule has 0 saturated carbocycles. The van der Waals surface area contributed by atoms with Crippen molar-refractivity contribution in [1.82, 2.24) is 15.3 Å². The van der Waals surface area contributed by atoms with Crippen LogP contribution in [0.4, 0.5) is 5.95 Å². The number of nitrogens with zero attached hydrogens (tertiary/aromatic N) is 2. The van der Waals surface area contributed by atoms with E-state index in [9.17, 15) is 0 Å². The zero-order chi connectivity index (χ0) is 10.2. The summed E-state index contributed by atoms with van der Waals surface area (Å²) in [5.74, 6) is 1.21. The van der Waals surface area contributed by atoms with Crippen LogP contribution in [-0.4, -0.2) is 36.7 Å². The van der Waals surface area contributed by atoms with Gasteiger partial charge in [0.15, 0.2) is 0 Å². The first-order valence-electron chi connectivity index (χ1n) is 4.71. The minimum absolute atomic E-state index is 0.603. The molecule has 0 aliphatic carbocycles. The summed E-state index contributed by atoms with van der Waals surface area (Å²) >= 11 is 0. The third-order valence-electron chi connectivity index (χ3n) is 1.58. The zero-order valence-electron chi connectivity index (χ0n) is 8.58. The predicted octanol–water partition coefficient (Wildman–Crippen LogP) is 0.507. The lowest BCUT2D eigenvalue weighted by Crippen LogP contribution is -2.18. The highest BCUT2D eigenvalue weighted by Crippen LogP contribution is 2.07. The number of hydrogen-bond donors (Lipinski definition) is 2. The molecule has 1 aromatic rings. The van der Waals surface area contributed by atoms with Gasteiger partial charge >= 0.3 is 0 Å². The Hall–Kier alpha value is -1.36.